The van der Waals surface area contributed by atoms with Crippen molar-refractivity contribution in [2.24, 2.45) is 0 Å². The molecule has 1 aromatic carbocycles. The van der Waals surface area contributed by atoms with Crippen molar-refractivity contribution in [1.29, 1.82) is 0 Å². The normalized spacial score (nSPS) is 14.2. The van der Waals surface area contributed by atoms with Gasteiger partial charge in [-0.15, -0.1) is 0 Å². The van der Waals surface area contributed by atoms with Crippen molar-refractivity contribution in [1.82, 2.24) is 0 Å². The minimum atomic E-state index is -1.29. The van der Waals surface area contributed by atoms with Gasteiger partial charge >= 0.3 is 5.97 Å². The van der Waals surface area contributed by atoms with E-state index in [1.165, 1.54) is 7.11 Å². The number of carbonyl (C=O) groups is 1. The van der Waals surface area contributed by atoms with Gasteiger partial charge in [0.1, 0.15) is 0 Å². The molecule has 0 saturated carbocycles. The molecule has 16 heavy (non-hydrogen) atoms. The Balaban J connectivity index is 2.79. The first-order valence-corrected chi connectivity index (χ1v) is 6.37. The number of hydrogen-bond acceptors (Lipinski definition) is 3. The summed E-state index contributed by atoms with van der Waals surface area (Å²) < 4.78 is 16.6. The second-order valence-corrected chi connectivity index (χ2v) is 5.57. The molecule has 0 radical (unpaired) electrons. The Morgan fingerprint density at radius 1 is 1.50 bits per heavy atom. The molecule has 1 rings (SSSR count). The summed E-state index contributed by atoms with van der Waals surface area (Å²) in [7, 11) is 0.0183. The van der Waals surface area contributed by atoms with Gasteiger partial charge in [0.2, 0.25) is 0 Å². The van der Waals surface area contributed by atoms with Crippen LogP contribution < -0.4 is 0 Å². The first kappa shape index (κ1) is 13.2. The third-order valence-electron chi connectivity index (χ3n) is 2.10. The number of hydrogen-bond donors (Lipinski definition) is 0. The second-order valence-electron chi connectivity index (χ2n) is 3.32. The van der Waals surface area contributed by atoms with Crippen LogP contribution in [-0.2, 0) is 20.3 Å². The Hall–Kier alpha value is -0.870. The minimum Gasteiger partial charge on any atom is -0.469 e. The van der Waals surface area contributed by atoms with Gasteiger partial charge in [-0.1, -0.05) is 23.7 Å². The summed E-state index contributed by atoms with van der Waals surface area (Å²) in [5, 5.41) is 0.143. The summed E-state index contributed by atoms with van der Waals surface area (Å²) in [6.07, 6.45) is 0.119. The number of benzene rings is 1. The lowest BCUT2D eigenvalue weighted by Gasteiger charge is -2.11. The van der Waals surface area contributed by atoms with Crippen LogP contribution in [0.1, 0.15) is 13.3 Å². The molecule has 0 saturated heterocycles. The smallest absolute Gasteiger partial charge is 0.306 e. The van der Waals surface area contributed by atoms with Gasteiger partial charge < -0.3 is 4.74 Å². The molecule has 0 aliphatic carbocycles. The quantitative estimate of drug-likeness (QED) is 0.781. The van der Waals surface area contributed by atoms with E-state index in [0.717, 1.165) is 0 Å². The maximum absolute atomic E-state index is 12.0. The largest absolute Gasteiger partial charge is 0.469 e. The Morgan fingerprint density at radius 2 is 2.12 bits per heavy atom. The second kappa shape index (κ2) is 6.01. The lowest BCUT2D eigenvalue weighted by Crippen LogP contribution is -2.17. The predicted molar refractivity (Wildman–Crippen MR) is 64.0 cm³/mol. The third kappa shape index (κ3) is 3.32. The van der Waals surface area contributed by atoms with E-state index in [-0.39, 0.29) is 17.6 Å². The first-order chi connectivity index (χ1) is 7.56. The zero-order valence-corrected chi connectivity index (χ0v) is 10.7. The number of carbonyl (C=O) groups excluding carboxylic acids is 1. The summed E-state index contributed by atoms with van der Waals surface area (Å²) in [6, 6.07) is 6.92. The number of esters is 1. The van der Waals surface area contributed by atoms with Crippen molar-refractivity contribution in [2.75, 3.05) is 7.11 Å². The van der Waals surface area contributed by atoms with Gasteiger partial charge in [-0.05, 0) is 19.1 Å². The number of rotatable bonds is 4. The number of ether oxygens (including phenoxy) is 1. The van der Waals surface area contributed by atoms with Gasteiger partial charge in [0.15, 0.2) is 0 Å². The summed E-state index contributed by atoms with van der Waals surface area (Å²) in [5.41, 5.74) is 0. The Bertz CT molecular complexity index is 406. The zero-order chi connectivity index (χ0) is 12.1. The van der Waals surface area contributed by atoms with E-state index in [0.29, 0.717) is 9.92 Å². The molecular weight excluding hydrogens is 248 g/mol. The summed E-state index contributed by atoms with van der Waals surface area (Å²) in [5.74, 6) is -0.368. The van der Waals surface area contributed by atoms with E-state index in [1.54, 1.807) is 31.2 Å². The molecule has 2 unspecified atom stereocenters. The van der Waals surface area contributed by atoms with Crippen LogP contribution >= 0.6 is 11.6 Å². The van der Waals surface area contributed by atoms with Gasteiger partial charge in [0.25, 0.3) is 0 Å². The fraction of sp³-hybridized carbons (Fsp3) is 0.364. The van der Waals surface area contributed by atoms with Crippen LogP contribution in [0.5, 0.6) is 0 Å². The Kier molecular flexibility index (Phi) is 4.96. The van der Waals surface area contributed by atoms with Crippen molar-refractivity contribution in [2.45, 2.75) is 23.5 Å². The van der Waals surface area contributed by atoms with Crippen LogP contribution in [0.25, 0.3) is 0 Å². The molecule has 0 aromatic heterocycles. The van der Waals surface area contributed by atoms with Gasteiger partial charge in [0, 0.05) is 5.25 Å². The van der Waals surface area contributed by atoms with Crippen LogP contribution in [0.4, 0.5) is 0 Å². The molecule has 0 fully saturated rings. The monoisotopic (exact) mass is 260 g/mol. The molecule has 1 aromatic rings. The fourth-order valence-electron chi connectivity index (χ4n) is 1.22. The zero-order valence-electron chi connectivity index (χ0n) is 9.10. The molecule has 0 bridgehead atoms. The maximum Gasteiger partial charge on any atom is 0.306 e. The van der Waals surface area contributed by atoms with Crippen LogP contribution in [0.3, 0.4) is 0 Å². The summed E-state index contributed by atoms with van der Waals surface area (Å²) in [4.78, 5) is 11.6. The molecule has 0 spiro atoms. The minimum absolute atomic E-state index is 0.119. The molecular formula is C11H13ClO3S. The van der Waals surface area contributed by atoms with E-state index in [2.05, 4.69) is 4.74 Å². The lowest BCUT2D eigenvalue weighted by atomic mass is 10.3. The summed E-state index contributed by atoms with van der Waals surface area (Å²) in [6.45, 7) is 1.73. The van der Waals surface area contributed by atoms with Crippen LogP contribution in [0, 0.1) is 0 Å². The topological polar surface area (TPSA) is 43.4 Å². The standard InChI is InChI=1S/C11H13ClO3S/c1-8(7-11(13)15-2)16(14)10-6-4-3-5-9(10)12/h3-6,8H,7H2,1-2H3. The Morgan fingerprint density at radius 3 is 2.69 bits per heavy atom. The van der Waals surface area contributed by atoms with Gasteiger partial charge in [-0.2, -0.15) is 0 Å². The third-order valence-corrected chi connectivity index (χ3v) is 4.23. The van der Waals surface area contributed by atoms with E-state index >= 15 is 0 Å². The van der Waals surface area contributed by atoms with Crippen LogP contribution in [-0.4, -0.2) is 22.5 Å². The molecule has 0 heterocycles. The lowest BCUT2D eigenvalue weighted by molar-refractivity contribution is -0.140. The average Bonchev–Trinajstić information content (AvgIpc) is 2.28. The number of methoxy groups -OCH3 is 1. The molecule has 0 aliphatic rings. The van der Waals surface area contributed by atoms with Gasteiger partial charge in [0.05, 0.1) is 34.2 Å². The van der Waals surface area contributed by atoms with Gasteiger partial charge in [-0.25, -0.2) is 0 Å². The van der Waals surface area contributed by atoms with E-state index in [1.807, 2.05) is 0 Å². The molecule has 3 nitrogen and oxygen atoms in total. The van der Waals surface area contributed by atoms with Crippen molar-refractivity contribution in [3.05, 3.63) is 29.3 Å². The SMILES string of the molecule is COC(=O)CC(C)S(=O)c1ccccc1Cl. The van der Waals surface area contributed by atoms with Crippen molar-refractivity contribution in [3.63, 3.8) is 0 Å². The highest BCUT2D eigenvalue weighted by molar-refractivity contribution is 7.85. The molecule has 5 heteroatoms. The summed E-state index contributed by atoms with van der Waals surface area (Å²) >= 11 is 5.92. The highest BCUT2D eigenvalue weighted by Gasteiger charge is 2.19. The average molecular weight is 261 g/mol. The van der Waals surface area contributed by atoms with E-state index < -0.39 is 10.8 Å². The van der Waals surface area contributed by atoms with E-state index in [9.17, 15) is 9.00 Å². The predicted octanol–water partition coefficient (Wildman–Crippen LogP) is 2.40. The van der Waals surface area contributed by atoms with Crippen molar-refractivity contribution in [3.8, 4) is 0 Å². The molecule has 0 N–H and O–H groups in total. The number of halogens is 1. The van der Waals surface area contributed by atoms with Crippen LogP contribution in [0.15, 0.2) is 29.2 Å². The molecule has 0 amide bonds. The first-order valence-electron chi connectivity index (χ1n) is 4.78. The molecule has 88 valence electrons. The van der Waals surface area contributed by atoms with Crippen LogP contribution in [0.2, 0.25) is 5.02 Å². The highest BCUT2D eigenvalue weighted by Crippen LogP contribution is 2.22. The van der Waals surface area contributed by atoms with Gasteiger partial charge in [-0.3, -0.25) is 9.00 Å². The highest BCUT2D eigenvalue weighted by atomic mass is 35.5. The molecule has 2 atom stereocenters. The van der Waals surface area contributed by atoms with E-state index in [4.69, 9.17) is 11.6 Å². The Labute approximate surface area is 102 Å². The molecule has 0 aliphatic heterocycles. The van der Waals surface area contributed by atoms with Crippen molar-refractivity contribution < 1.29 is 13.7 Å². The fourth-order valence-corrected chi connectivity index (χ4v) is 2.78. The maximum atomic E-state index is 12.0. The van der Waals surface area contributed by atoms with Crippen molar-refractivity contribution >= 4 is 28.4 Å².